The number of anilines is 3. The quantitative estimate of drug-likeness (QED) is 0.181. The molecule has 0 spiro atoms. The summed E-state index contributed by atoms with van der Waals surface area (Å²) in [6, 6.07) is 64.9. The van der Waals surface area contributed by atoms with Crippen LogP contribution in [0, 0.1) is 0 Å². The Balaban J connectivity index is 1.29. The molecule has 0 aromatic heterocycles. The molecule has 1 nitrogen and oxygen atoms in total. The van der Waals surface area contributed by atoms with E-state index in [-0.39, 0.29) is 5.41 Å². The van der Waals surface area contributed by atoms with Gasteiger partial charge in [-0.05, 0) is 96.7 Å². The monoisotopic (exact) mass is 637 g/mol. The van der Waals surface area contributed by atoms with Crippen LogP contribution in [0.5, 0.6) is 0 Å². The van der Waals surface area contributed by atoms with Crippen LogP contribution in [0.2, 0.25) is 0 Å². The molecule has 0 radical (unpaired) electrons. The highest BCUT2D eigenvalue weighted by molar-refractivity contribution is 6.20. The molecule has 236 valence electrons. The van der Waals surface area contributed by atoms with Gasteiger partial charge in [-0.1, -0.05) is 159 Å². The molecule has 0 fully saturated rings. The minimum atomic E-state index is -0.118. The second kappa shape index (κ2) is 10.9. The normalized spacial score (nSPS) is 13.2. The molecule has 0 saturated heterocycles. The van der Waals surface area contributed by atoms with Crippen LogP contribution in [0.25, 0.3) is 66.4 Å². The van der Waals surface area contributed by atoms with Gasteiger partial charge in [0.1, 0.15) is 0 Å². The molecule has 0 heterocycles. The van der Waals surface area contributed by atoms with Crippen molar-refractivity contribution in [3.63, 3.8) is 0 Å². The molecular formula is C49H35N. The highest BCUT2D eigenvalue weighted by Gasteiger charge is 2.36. The van der Waals surface area contributed by atoms with Crippen molar-refractivity contribution in [2.75, 3.05) is 4.90 Å². The third-order valence-corrected chi connectivity index (χ3v) is 11.0. The molecule has 0 saturated carbocycles. The predicted octanol–water partition coefficient (Wildman–Crippen LogP) is 13.6. The Morgan fingerprint density at radius 1 is 0.380 bits per heavy atom. The third kappa shape index (κ3) is 4.20. The van der Waals surface area contributed by atoms with Gasteiger partial charge in [-0.3, -0.25) is 0 Å². The summed E-state index contributed by atoms with van der Waals surface area (Å²) >= 11 is 0. The zero-order valence-corrected chi connectivity index (χ0v) is 28.2. The zero-order chi connectivity index (χ0) is 33.4. The van der Waals surface area contributed by atoms with E-state index in [4.69, 9.17) is 0 Å². The van der Waals surface area contributed by atoms with Crippen LogP contribution in [-0.2, 0) is 5.41 Å². The van der Waals surface area contributed by atoms with Gasteiger partial charge in [0.15, 0.2) is 0 Å². The van der Waals surface area contributed by atoms with Crippen molar-refractivity contribution in [3.8, 4) is 55.6 Å². The lowest BCUT2D eigenvalue weighted by molar-refractivity contribution is 0.660. The van der Waals surface area contributed by atoms with Crippen LogP contribution in [0.3, 0.4) is 0 Å². The van der Waals surface area contributed by atoms with Gasteiger partial charge >= 0.3 is 0 Å². The Hall–Kier alpha value is -6.18. The lowest BCUT2D eigenvalue weighted by Gasteiger charge is -2.31. The second-order valence-electron chi connectivity index (χ2n) is 14.1. The standard InChI is InChI=1S/C49H35N/c1-49(2)43-23-12-11-20-38(43)39-27-26-36(31-44(39)49)50(46-29-24-34-18-13-22-40-37-19-9-10-21-41(37)48(46)47(34)40)45-28-25-35(32-14-5-3-6-15-32)30-42(45)33-16-7-4-8-17-33/h3-31H,1-2H3. The van der Waals surface area contributed by atoms with Crippen LogP contribution in [0.15, 0.2) is 176 Å². The summed E-state index contributed by atoms with van der Waals surface area (Å²) in [5.41, 5.74) is 18.8. The maximum absolute atomic E-state index is 2.53. The van der Waals surface area contributed by atoms with Gasteiger partial charge in [0.2, 0.25) is 0 Å². The number of nitrogens with zero attached hydrogens (tertiary/aromatic N) is 1. The van der Waals surface area contributed by atoms with Gasteiger partial charge in [-0.2, -0.15) is 0 Å². The van der Waals surface area contributed by atoms with Crippen molar-refractivity contribution >= 4 is 27.8 Å². The van der Waals surface area contributed by atoms with E-state index in [9.17, 15) is 0 Å². The molecule has 0 bridgehead atoms. The Labute approximate surface area is 293 Å². The minimum Gasteiger partial charge on any atom is -0.309 e. The van der Waals surface area contributed by atoms with Crippen molar-refractivity contribution in [1.82, 2.24) is 0 Å². The third-order valence-electron chi connectivity index (χ3n) is 11.0. The molecule has 2 aliphatic rings. The van der Waals surface area contributed by atoms with Gasteiger partial charge < -0.3 is 4.90 Å². The van der Waals surface area contributed by atoms with Crippen molar-refractivity contribution in [2.45, 2.75) is 19.3 Å². The van der Waals surface area contributed by atoms with Crippen LogP contribution < -0.4 is 4.90 Å². The summed E-state index contributed by atoms with van der Waals surface area (Å²) in [4.78, 5) is 2.53. The Kier molecular flexibility index (Phi) is 6.29. The lowest BCUT2D eigenvalue weighted by Crippen LogP contribution is -2.17. The summed E-state index contributed by atoms with van der Waals surface area (Å²) in [6.45, 7) is 4.74. The smallest absolute Gasteiger partial charge is 0.0547 e. The second-order valence-corrected chi connectivity index (χ2v) is 14.1. The van der Waals surface area contributed by atoms with Crippen molar-refractivity contribution in [3.05, 3.63) is 187 Å². The topological polar surface area (TPSA) is 3.24 Å². The van der Waals surface area contributed by atoms with Gasteiger partial charge in [-0.25, -0.2) is 0 Å². The molecule has 50 heavy (non-hydrogen) atoms. The minimum absolute atomic E-state index is 0.118. The van der Waals surface area contributed by atoms with E-state index in [0.717, 1.165) is 11.4 Å². The molecule has 0 amide bonds. The largest absolute Gasteiger partial charge is 0.309 e. The van der Waals surface area contributed by atoms with Crippen molar-refractivity contribution in [1.29, 1.82) is 0 Å². The van der Waals surface area contributed by atoms with Crippen molar-refractivity contribution in [2.24, 2.45) is 0 Å². The zero-order valence-electron chi connectivity index (χ0n) is 28.2. The summed E-state index contributed by atoms with van der Waals surface area (Å²) < 4.78 is 0. The first kappa shape index (κ1) is 28.8. The van der Waals surface area contributed by atoms with Gasteiger partial charge in [0, 0.05) is 22.2 Å². The molecule has 0 N–H and O–H groups in total. The average molecular weight is 638 g/mol. The molecule has 1 heteroatoms. The van der Waals surface area contributed by atoms with E-state index in [1.165, 1.54) is 83.2 Å². The molecule has 0 atom stereocenters. The van der Waals surface area contributed by atoms with E-state index in [2.05, 4.69) is 195 Å². The maximum Gasteiger partial charge on any atom is 0.0547 e. The number of benzene rings is 8. The molecular weight excluding hydrogens is 603 g/mol. The lowest BCUT2D eigenvalue weighted by atomic mass is 9.82. The predicted molar refractivity (Wildman–Crippen MR) is 211 cm³/mol. The van der Waals surface area contributed by atoms with Crippen LogP contribution in [0.4, 0.5) is 17.1 Å². The molecule has 10 rings (SSSR count). The molecule has 0 aliphatic heterocycles. The number of fused-ring (bicyclic) bond motifs is 6. The van der Waals surface area contributed by atoms with Gasteiger partial charge in [0.25, 0.3) is 0 Å². The summed E-state index contributed by atoms with van der Waals surface area (Å²) in [7, 11) is 0. The first-order valence-electron chi connectivity index (χ1n) is 17.5. The van der Waals surface area contributed by atoms with Crippen LogP contribution >= 0.6 is 0 Å². The van der Waals surface area contributed by atoms with E-state index in [1.54, 1.807) is 0 Å². The van der Waals surface area contributed by atoms with E-state index in [0.29, 0.717) is 0 Å². The highest BCUT2D eigenvalue weighted by atomic mass is 15.1. The Morgan fingerprint density at radius 3 is 1.82 bits per heavy atom. The maximum atomic E-state index is 2.53. The SMILES string of the molecule is CC1(C)c2ccccc2-c2ccc(N(c3ccc(-c4ccccc4)cc3-c3ccccc3)c3ccc4cccc5c4c3-c3ccccc3-5)cc21. The van der Waals surface area contributed by atoms with Gasteiger partial charge in [0.05, 0.1) is 11.4 Å². The first-order valence-corrected chi connectivity index (χ1v) is 17.5. The Morgan fingerprint density at radius 2 is 1.02 bits per heavy atom. The number of hydrogen-bond donors (Lipinski definition) is 0. The molecule has 8 aromatic rings. The molecule has 8 aromatic carbocycles. The molecule has 0 unspecified atom stereocenters. The fourth-order valence-electron chi connectivity index (χ4n) is 8.62. The van der Waals surface area contributed by atoms with E-state index >= 15 is 0 Å². The fourth-order valence-corrected chi connectivity index (χ4v) is 8.62. The van der Waals surface area contributed by atoms with E-state index < -0.39 is 0 Å². The van der Waals surface area contributed by atoms with Crippen molar-refractivity contribution < 1.29 is 0 Å². The Bertz CT molecular complexity index is 2610. The fraction of sp³-hybridized carbons (Fsp3) is 0.0612. The average Bonchev–Trinajstić information content (AvgIpc) is 3.63. The highest BCUT2D eigenvalue weighted by Crippen LogP contribution is 2.56. The summed E-state index contributed by atoms with van der Waals surface area (Å²) in [5, 5.41) is 2.60. The molecule has 2 aliphatic carbocycles. The van der Waals surface area contributed by atoms with E-state index in [1.807, 2.05) is 0 Å². The van der Waals surface area contributed by atoms with Gasteiger partial charge in [-0.15, -0.1) is 0 Å². The summed E-state index contributed by atoms with van der Waals surface area (Å²) in [5.74, 6) is 0. The summed E-state index contributed by atoms with van der Waals surface area (Å²) in [6.07, 6.45) is 0. The number of rotatable bonds is 5. The number of hydrogen-bond acceptors (Lipinski definition) is 1. The van der Waals surface area contributed by atoms with Crippen LogP contribution in [-0.4, -0.2) is 0 Å². The van der Waals surface area contributed by atoms with Crippen LogP contribution in [0.1, 0.15) is 25.0 Å². The first-order chi connectivity index (χ1) is 24.6.